The molecule has 0 N–H and O–H groups in total. The molecule has 18 heavy (non-hydrogen) atoms. The molecule has 0 radical (unpaired) electrons. The zero-order valence-electron chi connectivity index (χ0n) is 12.5. The van der Waals surface area contributed by atoms with E-state index in [9.17, 15) is 4.79 Å². The summed E-state index contributed by atoms with van der Waals surface area (Å²) >= 11 is 5.53. The Bertz CT molecular complexity index is 236. The van der Waals surface area contributed by atoms with Gasteiger partial charge in [0.05, 0.1) is 5.88 Å². The van der Waals surface area contributed by atoms with Gasteiger partial charge in [-0.2, -0.15) is 0 Å². The molecule has 0 atom stereocenters. The summed E-state index contributed by atoms with van der Waals surface area (Å²) in [4.78, 5) is 13.7. The maximum absolute atomic E-state index is 11.9. The fraction of sp³-hybridized carbons (Fsp3) is 0.929. The Morgan fingerprint density at radius 2 is 1.89 bits per heavy atom. The maximum Gasteiger partial charge on any atom is 0.409 e. The number of hydrogen-bond donors (Lipinski definition) is 0. The van der Waals surface area contributed by atoms with Crippen molar-refractivity contribution in [3.05, 3.63) is 0 Å². The number of carbonyl (C=O) groups is 1. The van der Waals surface area contributed by atoms with Gasteiger partial charge in [0.1, 0.15) is 6.61 Å². The maximum atomic E-state index is 11.9. The molecule has 0 aromatic rings. The van der Waals surface area contributed by atoms with Gasteiger partial charge in [0.25, 0.3) is 0 Å². The molecule has 0 aliphatic heterocycles. The van der Waals surface area contributed by atoms with E-state index in [2.05, 4.69) is 34.6 Å². The van der Waals surface area contributed by atoms with Gasteiger partial charge < -0.3 is 9.64 Å². The lowest BCUT2D eigenvalue weighted by Crippen LogP contribution is -2.35. The van der Waals surface area contributed by atoms with Crippen LogP contribution in [0.3, 0.4) is 0 Å². The zero-order valence-corrected chi connectivity index (χ0v) is 13.2. The second kappa shape index (κ2) is 8.63. The van der Waals surface area contributed by atoms with Crippen LogP contribution >= 0.6 is 11.6 Å². The molecule has 0 aromatic heterocycles. The Hall–Kier alpha value is -0.440. The largest absolute Gasteiger partial charge is 0.448 e. The van der Waals surface area contributed by atoms with Gasteiger partial charge in [0, 0.05) is 13.1 Å². The Balaban J connectivity index is 4.27. The van der Waals surface area contributed by atoms with E-state index in [-0.39, 0.29) is 18.1 Å². The minimum absolute atomic E-state index is 0.225. The number of ether oxygens (including phenoxy) is 1. The molecule has 0 bridgehead atoms. The average molecular weight is 278 g/mol. The number of halogens is 1. The molecule has 0 fully saturated rings. The average Bonchev–Trinajstić information content (AvgIpc) is 2.24. The van der Waals surface area contributed by atoms with Crippen LogP contribution < -0.4 is 0 Å². The quantitative estimate of drug-likeness (QED) is 0.655. The summed E-state index contributed by atoms with van der Waals surface area (Å²) in [6, 6.07) is 0. The third kappa shape index (κ3) is 9.58. The highest BCUT2D eigenvalue weighted by Gasteiger charge is 2.18. The molecule has 1 amide bonds. The van der Waals surface area contributed by atoms with Crippen molar-refractivity contribution >= 4 is 17.7 Å². The summed E-state index contributed by atoms with van der Waals surface area (Å²) in [6.45, 7) is 12.6. The van der Waals surface area contributed by atoms with Crippen molar-refractivity contribution in [3.8, 4) is 0 Å². The van der Waals surface area contributed by atoms with Crippen molar-refractivity contribution in [2.45, 2.75) is 47.5 Å². The van der Waals surface area contributed by atoms with E-state index in [1.807, 2.05) is 0 Å². The van der Waals surface area contributed by atoms with Crippen molar-refractivity contribution in [3.63, 3.8) is 0 Å². The number of carbonyl (C=O) groups excluding carboxylic acids is 1. The summed E-state index contributed by atoms with van der Waals surface area (Å²) < 4.78 is 5.11. The topological polar surface area (TPSA) is 29.5 Å². The van der Waals surface area contributed by atoms with Gasteiger partial charge in [-0.25, -0.2) is 4.79 Å². The van der Waals surface area contributed by atoms with Gasteiger partial charge in [-0.15, -0.1) is 11.6 Å². The molecular formula is C14H28ClNO2. The van der Waals surface area contributed by atoms with Crippen LogP contribution in [0.2, 0.25) is 0 Å². The lowest BCUT2D eigenvalue weighted by Gasteiger charge is -2.26. The van der Waals surface area contributed by atoms with Crippen LogP contribution in [-0.2, 0) is 4.74 Å². The number of rotatable bonds is 7. The first kappa shape index (κ1) is 17.6. The summed E-state index contributed by atoms with van der Waals surface area (Å²) in [5, 5.41) is 0. The molecule has 4 heteroatoms. The second-order valence-corrected chi connectivity index (χ2v) is 6.66. The van der Waals surface area contributed by atoms with E-state index in [0.29, 0.717) is 11.8 Å². The van der Waals surface area contributed by atoms with E-state index in [4.69, 9.17) is 16.3 Å². The van der Waals surface area contributed by atoms with Crippen molar-refractivity contribution in [2.24, 2.45) is 11.3 Å². The van der Waals surface area contributed by atoms with Gasteiger partial charge in [-0.1, -0.05) is 34.6 Å². The van der Waals surface area contributed by atoms with Crippen molar-refractivity contribution in [1.29, 1.82) is 0 Å². The number of nitrogens with zero attached hydrogens (tertiary/aromatic N) is 1. The van der Waals surface area contributed by atoms with Crippen molar-refractivity contribution in [1.82, 2.24) is 4.90 Å². The first-order valence-electron chi connectivity index (χ1n) is 6.74. The highest BCUT2D eigenvalue weighted by Crippen LogP contribution is 2.19. The molecule has 0 aliphatic rings. The Kier molecular flexibility index (Phi) is 8.41. The van der Waals surface area contributed by atoms with Crippen LogP contribution in [0.4, 0.5) is 4.79 Å². The van der Waals surface area contributed by atoms with E-state index in [1.165, 1.54) is 0 Å². The number of hydrogen-bond acceptors (Lipinski definition) is 2. The van der Waals surface area contributed by atoms with Crippen LogP contribution in [0.5, 0.6) is 0 Å². The monoisotopic (exact) mass is 277 g/mol. The molecule has 0 aliphatic carbocycles. The molecule has 0 saturated carbocycles. The molecule has 108 valence electrons. The highest BCUT2D eigenvalue weighted by atomic mass is 35.5. The predicted molar refractivity (Wildman–Crippen MR) is 77.2 cm³/mol. The molecule has 0 heterocycles. The molecular weight excluding hydrogens is 250 g/mol. The summed E-state index contributed by atoms with van der Waals surface area (Å²) in [5.74, 6) is 0.936. The smallest absolute Gasteiger partial charge is 0.409 e. The third-order valence-electron chi connectivity index (χ3n) is 2.67. The third-order valence-corrected chi connectivity index (χ3v) is 2.82. The lowest BCUT2D eigenvalue weighted by molar-refractivity contribution is 0.101. The molecule has 3 nitrogen and oxygen atoms in total. The van der Waals surface area contributed by atoms with E-state index in [1.54, 1.807) is 4.90 Å². The minimum Gasteiger partial charge on any atom is -0.448 e. The van der Waals surface area contributed by atoms with Crippen molar-refractivity contribution in [2.75, 3.05) is 25.6 Å². The highest BCUT2D eigenvalue weighted by molar-refractivity contribution is 6.18. The lowest BCUT2D eigenvalue weighted by atomic mass is 9.92. The van der Waals surface area contributed by atoms with Crippen LogP contribution in [-0.4, -0.2) is 36.6 Å². The fourth-order valence-corrected chi connectivity index (χ4v) is 1.47. The standard InChI is InChI=1S/C14H28ClNO2/c1-12(2)6-9-16(10-7-14(3,4)5)13(17)18-11-8-15/h12H,6-11H2,1-5H3. The van der Waals surface area contributed by atoms with Gasteiger partial charge in [-0.05, 0) is 24.2 Å². The molecule has 0 rings (SSSR count). The van der Waals surface area contributed by atoms with Gasteiger partial charge in [0.15, 0.2) is 0 Å². The predicted octanol–water partition coefficient (Wildman–Crippen LogP) is 4.15. The fourth-order valence-electron chi connectivity index (χ4n) is 1.40. The van der Waals surface area contributed by atoms with Gasteiger partial charge >= 0.3 is 6.09 Å². The first-order valence-corrected chi connectivity index (χ1v) is 7.27. The Morgan fingerprint density at radius 3 is 2.33 bits per heavy atom. The van der Waals surface area contributed by atoms with E-state index < -0.39 is 0 Å². The van der Waals surface area contributed by atoms with Crippen molar-refractivity contribution < 1.29 is 9.53 Å². The van der Waals surface area contributed by atoms with Crippen LogP contribution in [0.15, 0.2) is 0 Å². The molecule has 0 aromatic carbocycles. The zero-order chi connectivity index (χ0) is 14.2. The van der Waals surface area contributed by atoms with Gasteiger partial charge in [0.2, 0.25) is 0 Å². The van der Waals surface area contributed by atoms with Crippen LogP contribution in [0.25, 0.3) is 0 Å². The first-order chi connectivity index (χ1) is 8.26. The summed E-state index contributed by atoms with van der Waals surface area (Å²) in [7, 11) is 0. The summed E-state index contributed by atoms with van der Waals surface area (Å²) in [5.41, 5.74) is 0.225. The minimum atomic E-state index is -0.236. The molecule has 0 saturated heterocycles. The second-order valence-electron chi connectivity index (χ2n) is 6.28. The van der Waals surface area contributed by atoms with Crippen LogP contribution in [0.1, 0.15) is 47.5 Å². The van der Waals surface area contributed by atoms with E-state index >= 15 is 0 Å². The van der Waals surface area contributed by atoms with E-state index in [0.717, 1.165) is 25.9 Å². The molecule has 0 spiro atoms. The molecule has 0 unspecified atom stereocenters. The number of amides is 1. The number of alkyl halides is 1. The van der Waals surface area contributed by atoms with Gasteiger partial charge in [-0.3, -0.25) is 0 Å². The SMILES string of the molecule is CC(C)CCN(CCC(C)(C)C)C(=O)OCCCl. The Morgan fingerprint density at radius 1 is 1.28 bits per heavy atom. The normalized spacial score (nSPS) is 11.7. The Labute approximate surface area is 117 Å². The van der Waals surface area contributed by atoms with Crippen LogP contribution in [0, 0.1) is 11.3 Å². The summed E-state index contributed by atoms with van der Waals surface area (Å²) in [6.07, 6.45) is 1.74.